The molecular weight excluding hydrogens is 343 g/mol. The topological polar surface area (TPSA) is 56.0 Å². The third-order valence-corrected chi connectivity index (χ3v) is 4.52. The van der Waals surface area contributed by atoms with Gasteiger partial charge in [-0.05, 0) is 29.8 Å². The highest BCUT2D eigenvalue weighted by Gasteiger charge is 2.15. The van der Waals surface area contributed by atoms with Gasteiger partial charge in [0.2, 0.25) is 0 Å². The Kier molecular flexibility index (Phi) is 4.11. The van der Waals surface area contributed by atoms with Gasteiger partial charge in [0.1, 0.15) is 0 Å². The molecule has 22 heavy (non-hydrogen) atoms. The standard InChI is InChI=1S/C15H8Cl2N2O2S/c16-11-5-1-9(2-6-11)13-14(22-15(17)18-13)10-3-7-12(8-4-10)19(20)21/h1-8H. The number of rotatable bonds is 3. The van der Waals surface area contributed by atoms with Crippen LogP contribution in [0.4, 0.5) is 5.69 Å². The van der Waals surface area contributed by atoms with E-state index in [9.17, 15) is 10.1 Å². The molecule has 0 spiro atoms. The number of thiazole rings is 1. The summed E-state index contributed by atoms with van der Waals surface area (Å²) in [7, 11) is 0. The highest BCUT2D eigenvalue weighted by Crippen LogP contribution is 2.39. The first-order chi connectivity index (χ1) is 10.5. The Bertz CT molecular complexity index is 830. The molecule has 2 aromatic carbocycles. The normalized spacial score (nSPS) is 10.6. The molecule has 3 rings (SSSR count). The van der Waals surface area contributed by atoms with Gasteiger partial charge in [-0.15, -0.1) is 11.3 Å². The first-order valence-electron chi connectivity index (χ1n) is 6.21. The lowest BCUT2D eigenvalue weighted by Crippen LogP contribution is -1.87. The Morgan fingerprint density at radius 3 is 2.14 bits per heavy atom. The van der Waals surface area contributed by atoms with Crippen LogP contribution in [0.3, 0.4) is 0 Å². The second-order valence-electron chi connectivity index (χ2n) is 4.46. The fourth-order valence-electron chi connectivity index (χ4n) is 2.03. The number of hydrogen-bond donors (Lipinski definition) is 0. The molecule has 0 aliphatic rings. The van der Waals surface area contributed by atoms with Crippen molar-refractivity contribution in [2.75, 3.05) is 0 Å². The number of nitrogens with zero attached hydrogens (tertiary/aromatic N) is 2. The summed E-state index contributed by atoms with van der Waals surface area (Å²) in [6.07, 6.45) is 0. The zero-order chi connectivity index (χ0) is 15.7. The zero-order valence-electron chi connectivity index (χ0n) is 11.0. The molecule has 0 fully saturated rings. The third-order valence-electron chi connectivity index (χ3n) is 3.06. The summed E-state index contributed by atoms with van der Waals surface area (Å²) < 4.78 is 0.415. The van der Waals surface area contributed by atoms with Crippen molar-refractivity contribution in [2.24, 2.45) is 0 Å². The largest absolute Gasteiger partial charge is 0.269 e. The van der Waals surface area contributed by atoms with Crippen LogP contribution in [-0.2, 0) is 0 Å². The maximum absolute atomic E-state index is 10.7. The van der Waals surface area contributed by atoms with Crippen molar-refractivity contribution in [2.45, 2.75) is 0 Å². The van der Waals surface area contributed by atoms with Gasteiger partial charge in [-0.1, -0.05) is 35.3 Å². The molecule has 7 heteroatoms. The fraction of sp³-hybridized carbons (Fsp3) is 0. The minimum Gasteiger partial charge on any atom is -0.258 e. The average molecular weight is 351 g/mol. The van der Waals surface area contributed by atoms with Crippen LogP contribution in [0.25, 0.3) is 21.7 Å². The highest BCUT2D eigenvalue weighted by molar-refractivity contribution is 7.19. The lowest BCUT2D eigenvalue weighted by molar-refractivity contribution is -0.384. The molecule has 0 saturated heterocycles. The molecule has 0 N–H and O–H groups in total. The van der Waals surface area contributed by atoms with Crippen molar-refractivity contribution in [3.05, 3.63) is 68.1 Å². The monoisotopic (exact) mass is 350 g/mol. The lowest BCUT2D eigenvalue weighted by Gasteiger charge is -2.03. The minimum absolute atomic E-state index is 0.0485. The van der Waals surface area contributed by atoms with Crippen molar-refractivity contribution in [1.29, 1.82) is 0 Å². The fourth-order valence-corrected chi connectivity index (χ4v) is 3.29. The maximum atomic E-state index is 10.7. The van der Waals surface area contributed by atoms with Crippen LogP contribution in [0.15, 0.2) is 48.5 Å². The molecule has 110 valence electrons. The molecule has 4 nitrogen and oxygen atoms in total. The summed E-state index contributed by atoms with van der Waals surface area (Å²) in [5, 5.41) is 11.4. The number of halogens is 2. The number of nitro groups is 1. The number of nitro benzene ring substituents is 1. The van der Waals surface area contributed by atoms with Gasteiger partial charge < -0.3 is 0 Å². The van der Waals surface area contributed by atoms with E-state index in [-0.39, 0.29) is 5.69 Å². The van der Waals surface area contributed by atoms with E-state index in [2.05, 4.69) is 4.98 Å². The van der Waals surface area contributed by atoms with Crippen molar-refractivity contribution in [3.63, 3.8) is 0 Å². The van der Waals surface area contributed by atoms with Gasteiger partial charge in [-0.2, -0.15) is 0 Å². The molecule has 0 amide bonds. The number of aromatic nitrogens is 1. The zero-order valence-corrected chi connectivity index (χ0v) is 13.3. The molecule has 0 saturated carbocycles. The Morgan fingerprint density at radius 1 is 0.955 bits per heavy atom. The number of hydrogen-bond acceptors (Lipinski definition) is 4. The molecule has 0 aliphatic heterocycles. The van der Waals surface area contributed by atoms with E-state index in [1.165, 1.54) is 23.5 Å². The van der Waals surface area contributed by atoms with Crippen LogP contribution in [0.2, 0.25) is 9.49 Å². The lowest BCUT2D eigenvalue weighted by atomic mass is 10.1. The smallest absolute Gasteiger partial charge is 0.258 e. The molecule has 0 aliphatic carbocycles. The number of non-ortho nitro benzene ring substituents is 1. The summed E-state index contributed by atoms with van der Waals surface area (Å²) in [6, 6.07) is 13.6. The Balaban J connectivity index is 2.07. The van der Waals surface area contributed by atoms with E-state index in [0.717, 1.165) is 21.7 Å². The van der Waals surface area contributed by atoms with Gasteiger partial charge in [0.15, 0.2) is 4.47 Å². The molecule has 0 radical (unpaired) electrons. The van der Waals surface area contributed by atoms with Crippen LogP contribution >= 0.6 is 34.5 Å². The SMILES string of the molecule is O=[N+]([O-])c1ccc(-c2sc(Cl)nc2-c2ccc(Cl)cc2)cc1. The molecular formula is C15H8Cl2N2O2S. The van der Waals surface area contributed by atoms with Gasteiger partial charge in [-0.25, -0.2) is 4.98 Å². The van der Waals surface area contributed by atoms with Crippen LogP contribution in [0.5, 0.6) is 0 Å². The van der Waals surface area contributed by atoms with E-state index in [0.29, 0.717) is 9.49 Å². The van der Waals surface area contributed by atoms with Gasteiger partial charge in [0.25, 0.3) is 5.69 Å². The van der Waals surface area contributed by atoms with Gasteiger partial charge in [0, 0.05) is 22.7 Å². The molecule has 1 aromatic heterocycles. The van der Waals surface area contributed by atoms with E-state index < -0.39 is 4.92 Å². The first-order valence-corrected chi connectivity index (χ1v) is 7.79. The summed E-state index contributed by atoms with van der Waals surface area (Å²) in [6.45, 7) is 0. The minimum atomic E-state index is -0.427. The summed E-state index contributed by atoms with van der Waals surface area (Å²) in [4.78, 5) is 15.5. The second kappa shape index (κ2) is 6.04. The Hall–Kier alpha value is -1.95. The summed E-state index contributed by atoms with van der Waals surface area (Å²) in [5.41, 5.74) is 2.51. The van der Waals surface area contributed by atoms with Gasteiger partial charge in [0.05, 0.1) is 15.5 Å². The van der Waals surface area contributed by atoms with Crippen molar-refractivity contribution < 1.29 is 4.92 Å². The van der Waals surface area contributed by atoms with Crippen LogP contribution < -0.4 is 0 Å². The predicted molar refractivity (Wildman–Crippen MR) is 89.7 cm³/mol. The van der Waals surface area contributed by atoms with E-state index in [1.54, 1.807) is 24.3 Å². The van der Waals surface area contributed by atoms with Crippen LogP contribution in [0.1, 0.15) is 0 Å². The van der Waals surface area contributed by atoms with Crippen molar-refractivity contribution >= 4 is 40.2 Å². The van der Waals surface area contributed by atoms with E-state index in [1.807, 2.05) is 12.1 Å². The van der Waals surface area contributed by atoms with E-state index in [4.69, 9.17) is 23.2 Å². The molecule has 3 aromatic rings. The molecule has 0 atom stereocenters. The van der Waals surface area contributed by atoms with Gasteiger partial charge >= 0.3 is 0 Å². The average Bonchev–Trinajstić information content (AvgIpc) is 2.90. The maximum Gasteiger partial charge on any atom is 0.269 e. The molecule has 1 heterocycles. The first kappa shape index (κ1) is 15.0. The Labute approximate surface area is 140 Å². The number of benzene rings is 2. The van der Waals surface area contributed by atoms with Crippen LogP contribution in [-0.4, -0.2) is 9.91 Å². The van der Waals surface area contributed by atoms with E-state index >= 15 is 0 Å². The van der Waals surface area contributed by atoms with Crippen LogP contribution in [0, 0.1) is 10.1 Å². The highest BCUT2D eigenvalue weighted by atomic mass is 35.5. The van der Waals surface area contributed by atoms with Crippen molar-refractivity contribution in [1.82, 2.24) is 4.98 Å². The van der Waals surface area contributed by atoms with Crippen molar-refractivity contribution in [3.8, 4) is 21.7 Å². The second-order valence-corrected chi connectivity index (χ2v) is 6.47. The quantitative estimate of drug-likeness (QED) is 0.450. The summed E-state index contributed by atoms with van der Waals surface area (Å²) >= 11 is 13.3. The summed E-state index contributed by atoms with van der Waals surface area (Å²) in [5.74, 6) is 0. The Morgan fingerprint density at radius 2 is 1.55 bits per heavy atom. The predicted octanol–water partition coefficient (Wildman–Crippen LogP) is 5.69. The molecule has 0 unspecified atom stereocenters. The third kappa shape index (κ3) is 2.97. The van der Waals surface area contributed by atoms with Gasteiger partial charge in [-0.3, -0.25) is 10.1 Å². The molecule has 0 bridgehead atoms.